The van der Waals surface area contributed by atoms with Gasteiger partial charge in [0.2, 0.25) is 0 Å². The predicted octanol–water partition coefficient (Wildman–Crippen LogP) is 3.07. The molecule has 0 unspecified atom stereocenters. The van der Waals surface area contributed by atoms with Crippen molar-refractivity contribution < 1.29 is 9.72 Å². The molecule has 1 aromatic carbocycles. The van der Waals surface area contributed by atoms with Gasteiger partial charge in [-0.1, -0.05) is 6.92 Å². The molecule has 6 nitrogen and oxygen atoms in total. The first-order valence-corrected chi connectivity index (χ1v) is 8.39. The molecule has 2 aliphatic rings. The number of hydrogen-bond acceptors (Lipinski definition) is 4. The summed E-state index contributed by atoms with van der Waals surface area (Å²) in [6.45, 7) is 5.36. The Morgan fingerprint density at radius 1 is 1.17 bits per heavy atom. The number of piperidine rings is 1. The van der Waals surface area contributed by atoms with Gasteiger partial charge < -0.3 is 9.80 Å². The summed E-state index contributed by atoms with van der Waals surface area (Å²) in [5.74, 6) is 0.555. The van der Waals surface area contributed by atoms with Gasteiger partial charge in [0.25, 0.3) is 11.6 Å². The number of carbonyl (C=O) groups is 1. The lowest BCUT2D eigenvalue weighted by Gasteiger charge is -2.30. The van der Waals surface area contributed by atoms with Gasteiger partial charge in [-0.05, 0) is 43.7 Å². The van der Waals surface area contributed by atoms with Crippen LogP contribution in [0.3, 0.4) is 0 Å². The van der Waals surface area contributed by atoms with Crippen LogP contribution in [0.15, 0.2) is 18.2 Å². The molecule has 0 spiro atoms. The van der Waals surface area contributed by atoms with Gasteiger partial charge in [0.05, 0.1) is 4.92 Å². The van der Waals surface area contributed by atoms with E-state index in [-0.39, 0.29) is 16.5 Å². The smallest absolute Gasteiger partial charge is 0.293 e. The monoisotopic (exact) mass is 317 g/mol. The van der Waals surface area contributed by atoms with E-state index in [0.29, 0.717) is 17.2 Å². The highest BCUT2D eigenvalue weighted by atomic mass is 16.6. The fourth-order valence-corrected chi connectivity index (χ4v) is 3.42. The van der Waals surface area contributed by atoms with Crippen molar-refractivity contribution in [3.8, 4) is 0 Å². The molecule has 0 radical (unpaired) electrons. The van der Waals surface area contributed by atoms with E-state index in [1.54, 1.807) is 12.1 Å². The van der Waals surface area contributed by atoms with Crippen LogP contribution in [-0.2, 0) is 0 Å². The largest absolute Gasteiger partial charge is 0.366 e. The number of amides is 1. The summed E-state index contributed by atoms with van der Waals surface area (Å²) in [7, 11) is 0. The van der Waals surface area contributed by atoms with E-state index in [4.69, 9.17) is 0 Å². The van der Waals surface area contributed by atoms with E-state index < -0.39 is 0 Å². The molecule has 0 N–H and O–H groups in total. The van der Waals surface area contributed by atoms with Crippen LogP contribution in [0.25, 0.3) is 0 Å². The highest BCUT2D eigenvalue weighted by molar-refractivity contribution is 5.96. The van der Waals surface area contributed by atoms with Crippen LogP contribution in [0.1, 0.15) is 43.0 Å². The number of hydrogen-bond donors (Lipinski definition) is 0. The Morgan fingerprint density at radius 2 is 1.83 bits per heavy atom. The van der Waals surface area contributed by atoms with Crippen LogP contribution >= 0.6 is 0 Å². The molecule has 0 aromatic heterocycles. The average molecular weight is 317 g/mol. The number of nitrogens with zero attached hydrogens (tertiary/aromatic N) is 3. The molecule has 3 rings (SSSR count). The van der Waals surface area contributed by atoms with Crippen molar-refractivity contribution in [1.29, 1.82) is 0 Å². The summed E-state index contributed by atoms with van der Waals surface area (Å²) in [5, 5.41) is 11.4. The summed E-state index contributed by atoms with van der Waals surface area (Å²) in [6, 6.07) is 4.93. The molecule has 0 aliphatic carbocycles. The van der Waals surface area contributed by atoms with E-state index in [1.807, 2.05) is 9.80 Å². The molecule has 2 aliphatic heterocycles. The van der Waals surface area contributed by atoms with E-state index in [9.17, 15) is 14.9 Å². The minimum atomic E-state index is -0.372. The van der Waals surface area contributed by atoms with Crippen LogP contribution in [0.4, 0.5) is 11.4 Å². The lowest BCUT2D eigenvalue weighted by atomic mass is 9.98. The predicted molar refractivity (Wildman–Crippen MR) is 88.8 cm³/mol. The van der Waals surface area contributed by atoms with Gasteiger partial charge in [-0.15, -0.1) is 0 Å². The molecular weight excluding hydrogens is 294 g/mol. The molecular formula is C17H23N3O3. The molecule has 124 valence electrons. The zero-order chi connectivity index (χ0) is 16.4. The SMILES string of the molecule is CC1CCN(C(=O)c2ccc(N3CCCC3)c([N+](=O)[O-])c2)CC1. The number of likely N-dealkylation sites (tertiary alicyclic amines) is 1. The number of carbonyl (C=O) groups excluding carboxylic acids is 1. The summed E-state index contributed by atoms with van der Waals surface area (Å²) < 4.78 is 0. The molecule has 23 heavy (non-hydrogen) atoms. The van der Waals surface area contributed by atoms with Crippen LogP contribution in [0.5, 0.6) is 0 Å². The maximum absolute atomic E-state index is 12.6. The molecule has 2 saturated heterocycles. The van der Waals surface area contributed by atoms with Crippen LogP contribution < -0.4 is 4.90 Å². The van der Waals surface area contributed by atoms with Crippen LogP contribution in [-0.4, -0.2) is 41.9 Å². The number of nitro groups is 1. The molecule has 2 fully saturated rings. The van der Waals surface area contributed by atoms with Crippen molar-refractivity contribution >= 4 is 17.3 Å². The fourth-order valence-electron chi connectivity index (χ4n) is 3.42. The zero-order valence-corrected chi connectivity index (χ0v) is 13.5. The van der Waals surface area contributed by atoms with Crippen molar-refractivity contribution in [2.75, 3.05) is 31.1 Å². The van der Waals surface area contributed by atoms with Gasteiger partial charge in [-0.2, -0.15) is 0 Å². The van der Waals surface area contributed by atoms with E-state index in [0.717, 1.165) is 51.9 Å². The highest BCUT2D eigenvalue weighted by Crippen LogP contribution is 2.32. The second kappa shape index (κ2) is 6.56. The molecule has 1 amide bonds. The van der Waals surface area contributed by atoms with E-state index in [1.165, 1.54) is 6.07 Å². The number of rotatable bonds is 3. The Morgan fingerprint density at radius 3 is 2.43 bits per heavy atom. The van der Waals surface area contributed by atoms with E-state index >= 15 is 0 Å². The van der Waals surface area contributed by atoms with E-state index in [2.05, 4.69) is 6.92 Å². The Labute approximate surface area is 136 Å². The van der Waals surface area contributed by atoms with Crippen molar-refractivity contribution in [2.45, 2.75) is 32.6 Å². The van der Waals surface area contributed by atoms with Gasteiger partial charge in [0.1, 0.15) is 5.69 Å². The molecule has 0 bridgehead atoms. The third kappa shape index (κ3) is 3.30. The Kier molecular flexibility index (Phi) is 4.50. The maximum Gasteiger partial charge on any atom is 0.293 e. The summed E-state index contributed by atoms with van der Waals surface area (Å²) in [4.78, 5) is 27.5. The Hall–Kier alpha value is -2.11. The van der Waals surface area contributed by atoms with Crippen molar-refractivity contribution in [3.05, 3.63) is 33.9 Å². The van der Waals surface area contributed by atoms with Gasteiger partial charge in [0, 0.05) is 37.8 Å². The maximum atomic E-state index is 12.6. The second-order valence-electron chi connectivity index (χ2n) is 6.63. The standard InChI is InChI=1S/C17H23N3O3/c1-13-6-10-19(11-7-13)17(21)14-4-5-15(16(12-14)20(22)23)18-8-2-3-9-18/h4-5,12-13H,2-3,6-11H2,1H3. The lowest BCUT2D eigenvalue weighted by molar-refractivity contribution is -0.384. The topological polar surface area (TPSA) is 66.7 Å². The molecule has 2 heterocycles. The molecule has 0 atom stereocenters. The van der Waals surface area contributed by atoms with Crippen molar-refractivity contribution in [1.82, 2.24) is 4.90 Å². The minimum Gasteiger partial charge on any atom is -0.366 e. The van der Waals surface area contributed by atoms with Crippen molar-refractivity contribution in [2.24, 2.45) is 5.92 Å². The average Bonchev–Trinajstić information content (AvgIpc) is 3.08. The Balaban J connectivity index is 1.84. The number of benzene rings is 1. The Bertz CT molecular complexity index is 603. The first kappa shape index (κ1) is 15.8. The fraction of sp³-hybridized carbons (Fsp3) is 0.588. The normalized spacial score (nSPS) is 19.2. The highest BCUT2D eigenvalue weighted by Gasteiger charge is 2.26. The third-order valence-corrected chi connectivity index (χ3v) is 4.94. The van der Waals surface area contributed by atoms with Crippen molar-refractivity contribution in [3.63, 3.8) is 0 Å². The number of nitro benzene ring substituents is 1. The first-order valence-electron chi connectivity index (χ1n) is 8.39. The van der Waals surface area contributed by atoms with Gasteiger partial charge in [-0.3, -0.25) is 14.9 Å². The molecule has 0 saturated carbocycles. The van der Waals surface area contributed by atoms with Gasteiger partial charge in [-0.25, -0.2) is 0 Å². The number of anilines is 1. The zero-order valence-electron chi connectivity index (χ0n) is 13.5. The van der Waals surface area contributed by atoms with Gasteiger partial charge in [0.15, 0.2) is 0 Å². The summed E-state index contributed by atoms with van der Waals surface area (Å²) in [5.41, 5.74) is 1.11. The molecule has 1 aromatic rings. The summed E-state index contributed by atoms with van der Waals surface area (Å²) in [6.07, 6.45) is 4.12. The lowest BCUT2D eigenvalue weighted by Crippen LogP contribution is -2.37. The van der Waals surface area contributed by atoms with Gasteiger partial charge >= 0.3 is 0 Å². The van der Waals surface area contributed by atoms with Crippen LogP contribution in [0.2, 0.25) is 0 Å². The first-order chi connectivity index (χ1) is 11.1. The minimum absolute atomic E-state index is 0.0446. The third-order valence-electron chi connectivity index (χ3n) is 4.94. The second-order valence-corrected chi connectivity index (χ2v) is 6.63. The summed E-state index contributed by atoms with van der Waals surface area (Å²) >= 11 is 0. The van der Waals surface area contributed by atoms with Crippen LogP contribution in [0, 0.1) is 16.0 Å². The molecule has 6 heteroatoms. The quantitative estimate of drug-likeness (QED) is 0.635.